The third kappa shape index (κ3) is 4.14. The molecule has 0 atom stereocenters. The number of ketones is 1. The van der Waals surface area contributed by atoms with Crippen LogP contribution in [0.15, 0.2) is 6.20 Å². The Morgan fingerprint density at radius 3 is 2.76 bits per heavy atom. The van der Waals surface area contributed by atoms with Gasteiger partial charge in [0, 0.05) is 20.3 Å². The molecule has 0 saturated carbocycles. The number of ether oxygens (including phenoxy) is 1. The number of carbonyl (C=O) groups excluding carboxylic acids is 1. The SMILES string of the molecule is COCCCCn1cc(C(=O)C(F)(F)F)nn1. The van der Waals surface area contributed by atoms with Crippen LogP contribution in [0, 0.1) is 0 Å². The van der Waals surface area contributed by atoms with Crippen LogP contribution in [-0.2, 0) is 11.3 Å². The van der Waals surface area contributed by atoms with Gasteiger partial charge in [0.15, 0.2) is 5.69 Å². The number of aromatic nitrogens is 3. The summed E-state index contributed by atoms with van der Waals surface area (Å²) >= 11 is 0. The molecule has 0 amide bonds. The first-order chi connectivity index (χ1) is 7.95. The average molecular weight is 251 g/mol. The second-order valence-electron chi connectivity index (χ2n) is 3.39. The summed E-state index contributed by atoms with van der Waals surface area (Å²) in [7, 11) is 1.57. The summed E-state index contributed by atoms with van der Waals surface area (Å²) < 4.78 is 42.2. The molecule has 1 aromatic rings. The number of hydrogen-bond acceptors (Lipinski definition) is 4. The van der Waals surface area contributed by atoms with E-state index in [1.807, 2.05) is 0 Å². The Hall–Kier alpha value is -1.44. The summed E-state index contributed by atoms with van der Waals surface area (Å²) in [5.74, 6) is -1.97. The minimum Gasteiger partial charge on any atom is -0.385 e. The van der Waals surface area contributed by atoms with Crippen LogP contribution in [0.5, 0.6) is 0 Å². The molecule has 0 spiro atoms. The summed E-state index contributed by atoms with van der Waals surface area (Å²) in [5, 5.41) is 6.65. The topological polar surface area (TPSA) is 57.0 Å². The van der Waals surface area contributed by atoms with Crippen molar-refractivity contribution < 1.29 is 22.7 Å². The molecule has 0 radical (unpaired) electrons. The van der Waals surface area contributed by atoms with Crippen molar-refractivity contribution in [1.29, 1.82) is 0 Å². The number of rotatable bonds is 6. The first kappa shape index (κ1) is 13.6. The van der Waals surface area contributed by atoms with Gasteiger partial charge in [0.1, 0.15) is 0 Å². The molecule has 17 heavy (non-hydrogen) atoms. The van der Waals surface area contributed by atoms with Crippen molar-refractivity contribution in [2.75, 3.05) is 13.7 Å². The van der Waals surface area contributed by atoms with E-state index in [2.05, 4.69) is 10.3 Å². The van der Waals surface area contributed by atoms with E-state index < -0.39 is 17.7 Å². The number of unbranched alkanes of at least 4 members (excludes halogenated alkanes) is 1. The number of halogens is 3. The molecule has 1 heterocycles. The monoisotopic (exact) mass is 251 g/mol. The minimum absolute atomic E-state index is 0.404. The van der Waals surface area contributed by atoms with Crippen LogP contribution in [0.25, 0.3) is 0 Å². The maximum absolute atomic E-state index is 12.1. The van der Waals surface area contributed by atoms with Crippen molar-refractivity contribution in [3.8, 4) is 0 Å². The molecule has 0 saturated heterocycles. The van der Waals surface area contributed by atoms with Gasteiger partial charge in [-0.05, 0) is 12.8 Å². The highest BCUT2D eigenvalue weighted by molar-refractivity contribution is 5.98. The van der Waals surface area contributed by atoms with E-state index in [4.69, 9.17) is 4.74 Å². The molecule has 0 aliphatic heterocycles. The highest BCUT2D eigenvalue weighted by atomic mass is 19.4. The van der Waals surface area contributed by atoms with Crippen LogP contribution in [0.3, 0.4) is 0 Å². The van der Waals surface area contributed by atoms with Gasteiger partial charge in [0.05, 0.1) is 6.20 Å². The van der Waals surface area contributed by atoms with Crippen molar-refractivity contribution in [3.05, 3.63) is 11.9 Å². The smallest absolute Gasteiger partial charge is 0.385 e. The standard InChI is InChI=1S/C9H12F3N3O2/c1-17-5-3-2-4-15-6-7(13-14-15)8(16)9(10,11)12/h6H,2-5H2,1H3. The largest absolute Gasteiger partial charge is 0.456 e. The van der Waals surface area contributed by atoms with Crippen molar-refractivity contribution in [1.82, 2.24) is 15.0 Å². The van der Waals surface area contributed by atoms with E-state index in [9.17, 15) is 18.0 Å². The van der Waals surface area contributed by atoms with Gasteiger partial charge >= 0.3 is 6.18 Å². The number of alkyl halides is 3. The first-order valence-electron chi connectivity index (χ1n) is 4.95. The van der Waals surface area contributed by atoms with E-state index in [-0.39, 0.29) is 0 Å². The molecule has 96 valence electrons. The Kier molecular flexibility index (Phi) is 4.62. The molecule has 0 aliphatic rings. The third-order valence-electron chi connectivity index (χ3n) is 2.01. The molecule has 0 aromatic carbocycles. The van der Waals surface area contributed by atoms with E-state index in [1.54, 1.807) is 7.11 Å². The van der Waals surface area contributed by atoms with E-state index >= 15 is 0 Å². The number of carbonyl (C=O) groups is 1. The zero-order valence-corrected chi connectivity index (χ0v) is 9.20. The Bertz CT molecular complexity index is 376. The van der Waals surface area contributed by atoms with Gasteiger partial charge in [0.2, 0.25) is 0 Å². The fraction of sp³-hybridized carbons (Fsp3) is 0.667. The predicted molar refractivity (Wildman–Crippen MR) is 51.5 cm³/mol. The summed E-state index contributed by atoms with van der Waals surface area (Å²) in [6.45, 7) is 0.977. The van der Waals surface area contributed by atoms with Crippen molar-refractivity contribution in [2.45, 2.75) is 25.6 Å². The van der Waals surface area contributed by atoms with E-state index in [0.29, 0.717) is 19.6 Å². The van der Waals surface area contributed by atoms with Crippen LogP contribution in [0.1, 0.15) is 23.3 Å². The molecule has 1 aromatic heterocycles. The predicted octanol–water partition coefficient (Wildman–Crippen LogP) is 1.45. The maximum atomic E-state index is 12.1. The lowest BCUT2D eigenvalue weighted by Crippen LogP contribution is -2.23. The van der Waals surface area contributed by atoms with Gasteiger partial charge < -0.3 is 4.74 Å². The molecular weight excluding hydrogens is 239 g/mol. The third-order valence-corrected chi connectivity index (χ3v) is 2.01. The summed E-state index contributed by atoms with van der Waals surface area (Å²) in [6, 6.07) is 0. The van der Waals surface area contributed by atoms with Crippen molar-refractivity contribution in [2.24, 2.45) is 0 Å². The zero-order valence-electron chi connectivity index (χ0n) is 9.20. The van der Waals surface area contributed by atoms with Crippen LogP contribution < -0.4 is 0 Å². The van der Waals surface area contributed by atoms with E-state index in [0.717, 1.165) is 12.6 Å². The lowest BCUT2D eigenvalue weighted by Gasteiger charge is -2.00. The molecule has 0 fully saturated rings. The Balaban J connectivity index is 2.51. The fourth-order valence-electron chi connectivity index (χ4n) is 1.18. The van der Waals surface area contributed by atoms with Crippen LogP contribution in [0.2, 0.25) is 0 Å². The molecule has 0 aliphatic carbocycles. The summed E-state index contributed by atoms with van der Waals surface area (Å²) in [4.78, 5) is 10.8. The molecular formula is C9H12F3N3O2. The molecule has 8 heteroatoms. The van der Waals surface area contributed by atoms with E-state index in [1.165, 1.54) is 4.68 Å². The average Bonchev–Trinajstić information content (AvgIpc) is 2.70. The van der Waals surface area contributed by atoms with Gasteiger partial charge in [-0.1, -0.05) is 5.21 Å². The van der Waals surface area contributed by atoms with Gasteiger partial charge in [0.25, 0.3) is 5.78 Å². The molecule has 0 bridgehead atoms. The van der Waals surface area contributed by atoms with Gasteiger partial charge in [-0.3, -0.25) is 9.48 Å². The van der Waals surface area contributed by atoms with Gasteiger partial charge in [-0.2, -0.15) is 13.2 Å². The lowest BCUT2D eigenvalue weighted by molar-refractivity contribution is -0.0888. The molecule has 0 N–H and O–H groups in total. The summed E-state index contributed by atoms with van der Waals surface area (Å²) in [6.07, 6.45) is -2.45. The Labute approximate surface area is 95.6 Å². The Morgan fingerprint density at radius 1 is 1.47 bits per heavy atom. The quantitative estimate of drug-likeness (QED) is 0.567. The maximum Gasteiger partial charge on any atom is 0.456 e. The zero-order chi connectivity index (χ0) is 12.9. The lowest BCUT2D eigenvalue weighted by atomic mass is 10.3. The molecule has 1 rings (SSSR count). The van der Waals surface area contributed by atoms with Crippen LogP contribution >= 0.6 is 0 Å². The van der Waals surface area contributed by atoms with Crippen LogP contribution in [0.4, 0.5) is 13.2 Å². The van der Waals surface area contributed by atoms with Crippen molar-refractivity contribution >= 4 is 5.78 Å². The molecule has 5 nitrogen and oxygen atoms in total. The van der Waals surface area contributed by atoms with Crippen LogP contribution in [-0.4, -0.2) is 40.7 Å². The fourth-order valence-corrected chi connectivity index (χ4v) is 1.18. The number of Topliss-reactive ketones (excluding diaryl/α,β-unsaturated/α-hetero) is 1. The highest BCUT2D eigenvalue weighted by Gasteiger charge is 2.41. The normalized spacial score (nSPS) is 11.8. The second kappa shape index (κ2) is 5.76. The van der Waals surface area contributed by atoms with Crippen molar-refractivity contribution in [3.63, 3.8) is 0 Å². The number of hydrogen-bond donors (Lipinski definition) is 0. The van der Waals surface area contributed by atoms with Gasteiger partial charge in [-0.25, -0.2) is 0 Å². The highest BCUT2D eigenvalue weighted by Crippen LogP contribution is 2.19. The molecule has 0 unspecified atom stereocenters. The number of nitrogens with zero attached hydrogens (tertiary/aromatic N) is 3. The second-order valence-corrected chi connectivity index (χ2v) is 3.39. The first-order valence-corrected chi connectivity index (χ1v) is 4.95. The number of methoxy groups -OCH3 is 1. The summed E-state index contributed by atoms with van der Waals surface area (Å²) in [5.41, 5.74) is -0.677. The number of aryl methyl sites for hydroxylation is 1. The van der Waals surface area contributed by atoms with Gasteiger partial charge in [-0.15, -0.1) is 5.10 Å². The minimum atomic E-state index is -4.91. The Morgan fingerprint density at radius 2 is 2.18 bits per heavy atom.